The van der Waals surface area contributed by atoms with Gasteiger partial charge in [0, 0.05) is 18.6 Å². The second-order valence-corrected chi connectivity index (χ2v) is 7.38. The van der Waals surface area contributed by atoms with E-state index in [-0.39, 0.29) is 33.6 Å². The first-order valence-corrected chi connectivity index (χ1v) is 7.92. The minimum Gasteiger partial charge on any atom is -0.398 e. The van der Waals surface area contributed by atoms with Crippen LogP contribution in [0.1, 0.15) is 12.8 Å². The number of hydrogen-bond donors (Lipinski definition) is 3. The summed E-state index contributed by atoms with van der Waals surface area (Å²) in [6, 6.07) is 2.09. The highest BCUT2D eigenvalue weighted by molar-refractivity contribution is 9.10. The minimum atomic E-state index is -3.82. The van der Waals surface area contributed by atoms with E-state index in [0.717, 1.165) is 25.0 Å². The highest BCUT2D eigenvalue weighted by atomic mass is 79.9. The van der Waals surface area contributed by atoms with E-state index in [2.05, 4.69) is 20.7 Å². The topological polar surface area (TPSA) is 92.4 Å². The molecule has 0 atom stereocenters. The number of nitrogens with one attached hydrogen (secondary N) is 1. The van der Waals surface area contributed by atoms with E-state index in [1.165, 1.54) is 0 Å². The third-order valence-corrected chi connectivity index (χ3v) is 5.34. The third-order valence-electron chi connectivity index (χ3n) is 3.27. The molecule has 1 aromatic rings. The van der Waals surface area contributed by atoms with E-state index in [1.807, 2.05) is 0 Å². The van der Waals surface area contributed by atoms with Gasteiger partial charge in [-0.15, -0.1) is 0 Å². The molecule has 1 aromatic carbocycles. The Bertz CT molecular complexity index is 602. The number of halogens is 2. The first-order chi connectivity index (χ1) is 8.80. The normalized spacial score (nSPS) is 17.4. The molecule has 0 bridgehead atoms. The van der Waals surface area contributed by atoms with Crippen molar-refractivity contribution in [3.63, 3.8) is 0 Å². The fraction of sp³-hybridized carbons (Fsp3) is 0.455. The number of nitrogens with two attached hydrogens (primary N) is 1. The fourth-order valence-corrected chi connectivity index (χ4v) is 3.46. The van der Waals surface area contributed by atoms with Gasteiger partial charge < -0.3 is 10.8 Å². The zero-order valence-corrected chi connectivity index (χ0v) is 12.4. The Balaban J connectivity index is 2.22. The molecule has 1 saturated carbocycles. The van der Waals surface area contributed by atoms with Crippen LogP contribution in [-0.2, 0) is 10.0 Å². The quantitative estimate of drug-likeness (QED) is 0.694. The predicted molar refractivity (Wildman–Crippen MR) is 72.5 cm³/mol. The largest absolute Gasteiger partial charge is 0.398 e. The van der Waals surface area contributed by atoms with Crippen LogP contribution in [0, 0.1) is 11.2 Å². The maximum Gasteiger partial charge on any atom is 0.242 e. The van der Waals surface area contributed by atoms with Gasteiger partial charge >= 0.3 is 0 Å². The van der Waals surface area contributed by atoms with Gasteiger partial charge in [0.25, 0.3) is 0 Å². The van der Waals surface area contributed by atoms with Gasteiger partial charge in [-0.1, -0.05) is 0 Å². The summed E-state index contributed by atoms with van der Waals surface area (Å²) in [6.07, 6.45) is 1.57. The summed E-state index contributed by atoms with van der Waals surface area (Å²) < 4.78 is 39.8. The lowest BCUT2D eigenvalue weighted by atomic mass is 10.1. The van der Waals surface area contributed by atoms with E-state index in [0.29, 0.717) is 0 Å². The van der Waals surface area contributed by atoms with Crippen LogP contribution in [0.5, 0.6) is 0 Å². The van der Waals surface area contributed by atoms with Gasteiger partial charge in [-0.05, 0) is 40.9 Å². The van der Waals surface area contributed by atoms with Gasteiger partial charge in [0.15, 0.2) is 0 Å². The van der Waals surface area contributed by atoms with Crippen LogP contribution in [0.15, 0.2) is 21.5 Å². The average Bonchev–Trinajstić information content (AvgIpc) is 3.12. The molecule has 0 aliphatic heterocycles. The van der Waals surface area contributed by atoms with Crippen LogP contribution in [-0.4, -0.2) is 26.7 Å². The van der Waals surface area contributed by atoms with Crippen molar-refractivity contribution in [2.24, 2.45) is 5.41 Å². The lowest BCUT2D eigenvalue weighted by Gasteiger charge is -2.14. The van der Waals surface area contributed by atoms with Gasteiger partial charge in [-0.3, -0.25) is 0 Å². The highest BCUT2D eigenvalue weighted by Gasteiger charge is 2.42. The Kier molecular flexibility index (Phi) is 3.87. The zero-order valence-electron chi connectivity index (χ0n) is 9.99. The van der Waals surface area contributed by atoms with Crippen LogP contribution in [0.4, 0.5) is 10.1 Å². The Labute approximate surface area is 119 Å². The lowest BCUT2D eigenvalue weighted by Crippen LogP contribution is -2.32. The zero-order chi connectivity index (χ0) is 14.3. The number of rotatable bonds is 5. The van der Waals surface area contributed by atoms with E-state index in [4.69, 9.17) is 10.8 Å². The van der Waals surface area contributed by atoms with E-state index < -0.39 is 15.8 Å². The molecule has 0 unspecified atom stereocenters. The number of hydrogen-bond acceptors (Lipinski definition) is 4. The second-order valence-electron chi connectivity index (χ2n) is 4.79. The van der Waals surface area contributed by atoms with Crippen LogP contribution >= 0.6 is 15.9 Å². The number of sulfonamides is 1. The molecule has 19 heavy (non-hydrogen) atoms. The van der Waals surface area contributed by atoms with Crippen molar-refractivity contribution in [1.29, 1.82) is 0 Å². The molecule has 5 nitrogen and oxygen atoms in total. The molecule has 1 aliphatic carbocycles. The first kappa shape index (κ1) is 14.7. The Morgan fingerprint density at radius 3 is 2.63 bits per heavy atom. The number of aliphatic hydroxyl groups excluding tert-OH is 1. The maximum atomic E-state index is 13.2. The van der Waals surface area contributed by atoms with Crippen molar-refractivity contribution in [2.75, 3.05) is 18.9 Å². The summed E-state index contributed by atoms with van der Waals surface area (Å²) in [5.74, 6) is -0.620. The van der Waals surface area contributed by atoms with Crippen LogP contribution in [0.2, 0.25) is 0 Å². The molecule has 106 valence electrons. The molecule has 0 spiro atoms. The second kappa shape index (κ2) is 5.01. The van der Waals surface area contributed by atoms with E-state index >= 15 is 0 Å². The molecule has 0 saturated heterocycles. The summed E-state index contributed by atoms with van der Waals surface area (Å²) in [6.45, 7) is 0.0956. The number of nitrogen functional groups attached to an aromatic ring is 1. The van der Waals surface area contributed by atoms with E-state index in [9.17, 15) is 12.8 Å². The van der Waals surface area contributed by atoms with Crippen LogP contribution < -0.4 is 10.5 Å². The predicted octanol–water partition coefficient (Wildman–Crippen LogP) is 1.22. The van der Waals surface area contributed by atoms with Crippen molar-refractivity contribution in [3.8, 4) is 0 Å². The molecule has 0 aromatic heterocycles. The molecule has 2 rings (SSSR count). The molecule has 0 radical (unpaired) electrons. The molecule has 4 N–H and O–H groups in total. The molecule has 1 aliphatic rings. The monoisotopic (exact) mass is 352 g/mol. The summed E-state index contributed by atoms with van der Waals surface area (Å²) >= 11 is 2.93. The Morgan fingerprint density at radius 1 is 1.47 bits per heavy atom. The van der Waals surface area contributed by atoms with Gasteiger partial charge in [0.05, 0.1) is 10.2 Å². The van der Waals surface area contributed by atoms with Crippen LogP contribution in [0.3, 0.4) is 0 Å². The number of benzene rings is 1. The van der Waals surface area contributed by atoms with Gasteiger partial charge in [-0.25, -0.2) is 17.5 Å². The third kappa shape index (κ3) is 3.07. The number of anilines is 1. The molecular formula is C11H14BrFN2O3S. The molecule has 1 fully saturated rings. The summed E-state index contributed by atoms with van der Waals surface area (Å²) in [5.41, 5.74) is 5.04. The number of aliphatic hydroxyl groups is 1. The first-order valence-electron chi connectivity index (χ1n) is 5.65. The van der Waals surface area contributed by atoms with Gasteiger partial charge in [-0.2, -0.15) is 0 Å². The minimum absolute atomic E-state index is 0.0327. The highest BCUT2D eigenvalue weighted by Crippen LogP contribution is 2.44. The molecule has 0 amide bonds. The average molecular weight is 353 g/mol. The van der Waals surface area contributed by atoms with Crippen molar-refractivity contribution in [1.82, 2.24) is 4.72 Å². The molecule has 0 heterocycles. The summed E-state index contributed by atoms with van der Waals surface area (Å²) in [7, 11) is -3.82. The molecule has 8 heteroatoms. The Morgan fingerprint density at radius 2 is 2.11 bits per heavy atom. The van der Waals surface area contributed by atoms with Crippen molar-refractivity contribution in [2.45, 2.75) is 17.7 Å². The van der Waals surface area contributed by atoms with Gasteiger partial charge in [0.1, 0.15) is 10.7 Å². The maximum absolute atomic E-state index is 13.2. The van der Waals surface area contributed by atoms with Crippen LogP contribution in [0.25, 0.3) is 0 Å². The summed E-state index contributed by atoms with van der Waals surface area (Å²) in [5, 5.41) is 9.14. The van der Waals surface area contributed by atoms with Gasteiger partial charge in [0.2, 0.25) is 10.0 Å². The van der Waals surface area contributed by atoms with Crippen molar-refractivity contribution >= 4 is 31.6 Å². The standard InChI is InChI=1S/C11H14BrFN2O3S/c12-7-3-10(9(14)4-8(7)13)19(17,18)15-5-11(6-16)1-2-11/h3-4,15-16H,1-2,5-6,14H2. The van der Waals surface area contributed by atoms with Crippen molar-refractivity contribution < 1.29 is 17.9 Å². The fourth-order valence-electron chi connectivity index (χ4n) is 1.67. The van der Waals surface area contributed by atoms with E-state index in [1.54, 1.807) is 0 Å². The Hall–Kier alpha value is -0.700. The lowest BCUT2D eigenvalue weighted by molar-refractivity contribution is 0.213. The molecular weight excluding hydrogens is 339 g/mol. The van der Waals surface area contributed by atoms with Crippen molar-refractivity contribution in [3.05, 3.63) is 22.4 Å². The smallest absolute Gasteiger partial charge is 0.242 e. The SMILES string of the molecule is Nc1cc(F)c(Br)cc1S(=O)(=O)NCC1(CO)CC1. The summed E-state index contributed by atoms with van der Waals surface area (Å²) in [4.78, 5) is -0.172.